The maximum absolute atomic E-state index is 8.89. The van der Waals surface area contributed by atoms with Gasteiger partial charge < -0.3 is 5.11 Å². The molecule has 0 aliphatic carbocycles. The summed E-state index contributed by atoms with van der Waals surface area (Å²) in [6.45, 7) is 7.45. The third-order valence-corrected chi connectivity index (χ3v) is 2.65. The Morgan fingerprint density at radius 1 is 1.50 bits per heavy atom. The van der Waals surface area contributed by atoms with Crippen molar-refractivity contribution in [1.29, 1.82) is 0 Å². The van der Waals surface area contributed by atoms with E-state index in [1.54, 1.807) is 0 Å². The van der Waals surface area contributed by atoms with Crippen LogP contribution in [0.5, 0.6) is 0 Å². The molecule has 0 aromatic carbocycles. The average molecular weight is 196 g/mol. The van der Waals surface area contributed by atoms with Crippen molar-refractivity contribution in [3.05, 3.63) is 17.5 Å². The van der Waals surface area contributed by atoms with Gasteiger partial charge in [0.25, 0.3) is 0 Å². The molecule has 1 aromatic rings. The molecule has 0 spiro atoms. The summed E-state index contributed by atoms with van der Waals surface area (Å²) in [7, 11) is 0. The molecule has 1 N–H and O–H groups in total. The molecule has 3 nitrogen and oxygen atoms in total. The van der Waals surface area contributed by atoms with Crippen molar-refractivity contribution >= 4 is 0 Å². The molecule has 1 unspecified atom stereocenters. The van der Waals surface area contributed by atoms with Crippen LogP contribution in [0.2, 0.25) is 0 Å². The number of hydrogen-bond donors (Lipinski definition) is 1. The van der Waals surface area contributed by atoms with Gasteiger partial charge in [0.2, 0.25) is 0 Å². The molecule has 0 fully saturated rings. The lowest BCUT2D eigenvalue weighted by Gasteiger charge is -2.14. The van der Waals surface area contributed by atoms with Crippen molar-refractivity contribution < 1.29 is 5.11 Å². The highest BCUT2D eigenvalue weighted by atomic mass is 16.3. The Bertz CT molecular complexity index is 281. The summed E-state index contributed by atoms with van der Waals surface area (Å²) in [6, 6.07) is 2.09. The van der Waals surface area contributed by atoms with Gasteiger partial charge in [-0.3, -0.25) is 4.68 Å². The molecule has 1 rings (SSSR count). The van der Waals surface area contributed by atoms with E-state index in [9.17, 15) is 0 Å². The van der Waals surface area contributed by atoms with E-state index in [0.29, 0.717) is 5.92 Å². The zero-order valence-corrected chi connectivity index (χ0v) is 9.32. The molecule has 80 valence electrons. The van der Waals surface area contributed by atoms with Gasteiger partial charge in [-0.15, -0.1) is 0 Å². The smallest absolute Gasteiger partial charge is 0.0596 e. The first-order valence-corrected chi connectivity index (χ1v) is 5.29. The molecule has 1 aromatic heterocycles. The van der Waals surface area contributed by atoms with Crippen LogP contribution < -0.4 is 0 Å². The normalized spacial score (nSPS) is 13.1. The third-order valence-electron chi connectivity index (χ3n) is 2.65. The largest absolute Gasteiger partial charge is 0.396 e. The van der Waals surface area contributed by atoms with E-state index in [-0.39, 0.29) is 6.61 Å². The highest BCUT2D eigenvalue weighted by molar-refractivity contribution is 5.06. The number of aromatic nitrogens is 2. The standard InChI is InChI=1S/C11H20N2O/c1-4-11(5-6-14)8-13-10(3)7-9(2)12-13/h7,11,14H,4-6,8H2,1-3H3. The van der Waals surface area contributed by atoms with Crippen molar-refractivity contribution in [3.8, 4) is 0 Å². The van der Waals surface area contributed by atoms with Crippen molar-refractivity contribution in [2.45, 2.75) is 40.2 Å². The lowest BCUT2D eigenvalue weighted by molar-refractivity contribution is 0.240. The van der Waals surface area contributed by atoms with E-state index in [1.165, 1.54) is 5.69 Å². The van der Waals surface area contributed by atoms with Crippen LogP contribution in [0.15, 0.2) is 6.07 Å². The van der Waals surface area contributed by atoms with Crippen LogP contribution in [0, 0.1) is 19.8 Å². The predicted molar refractivity (Wildman–Crippen MR) is 57.2 cm³/mol. The minimum absolute atomic E-state index is 0.276. The Hall–Kier alpha value is -0.830. The van der Waals surface area contributed by atoms with E-state index in [2.05, 4.69) is 25.0 Å². The summed E-state index contributed by atoms with van der Waals surface area (Å²) in [5.41, 5.74) is 2.28. The summed E-state index contributed by atoms with van der Waals surface area (Å²) in [5.74, 6) is 0.540. The number of aryl methyl sites for hydroxylation is 2. The van der Waals surface area contributed by atoms with Gasteiger partial charge >= 0.3 is 0 Å². The fraction of sp³-hybridized carbons (Fsp3) is 0.727. The maximum Gasteiger partial charge on any atom is 0.0596 e. The van der Waals surface area contributed by atoms with Crippen LogP contribution >= 0.6 is 0 Å². The molecule has 14 heavy (non-hydrogen) atoms. The zero-order valence-electron chi connectivity index (χ0n) is 9.32. The van der Waals surface area contributed by atoms with E-state index in [1.807, 2.05) is 11.6 Å². The average Bonchev–Trinajstić information content (AvgIpc) is 2.44. The molecule has 0 aliphatic heterocycles. The van der Waals surface area contributed by atoms with Gasteiger partial charge in [-0.1, -0.05) is 13.3 Å². The minimum atomic E-state index is 0.276. The number of aliphatic hydroxyl groups excluding tert-OH is 1. The monoisotopic (exact) mass is 196 g/mol. The molecule has 0 saturated heterocycles. The Morgan fingerprint density at radius 3 is 2.64 bits per heavy atom. The second kappa shape index (κ2) is 5.15. The summed E-state index contributed by atoms with van der Waals surface area (Å²) in [5, 5.41) is 13.3. The number of hydrogen-bond acceptors (Lipinski definition) is 2. The number of aliphatic hydroxyl groups is 1. The van der Waals surface area contributed by atoms with Crippen LogP contribution in [0.1, 0.15) is 31.2 Å². The Labute approximate surface area is 85.8 Å². The quantitative estimate of drug-likeness (QED) is 0.781. The topological polar surface area (TPSA) is 38.0 Å². The first kappa shape index (κ1) is 11.2. The van der Waals surface area contributed by atoms with Gasteiger partial charge in [0, 0.05) is 18.8 Å². The Kier molecular flexibility index (Phi) is 4.14. The Morgan fingerprint density at radius 2 is 2.21 bits per heavy atom. The highest BCUT2D eigenvalue weighted by Gasteiger charge is 2.09. The molecule has 0 radical (unpaired) electrons. The second-order valence-corrected chi connectivity index (χ2v) is 3.90. The minimum Gasteiger partial charge on any atom is -0.396 e. The Balaban J connectivity index is 2.61. The van der Waals surface area contributed by atoms with E-state index < -0.39 is 0 Å². The highest BCUT2D eigenvalue weighted by Crippen LogP contribution is 2.12. The predicted octanol–water partition coefficient (Wildman–Crippen LogP) is 1.91. The van der Waals surface area contributed by atoms with Gasteiger partial charge in [-0.25, -0.2) is 0 Å². The van der Waals surface area contributed by atoms with Crippen LogP contribution in [0.4, 0.5) is 0 Å². The third kappa shape index (κ3) is 2.84. The van der Waals surface area contributed by atoms with Crippen LogP contribution in [-0.2, 0) is 6.54 Å². The number of rotatable bonds is 5. The van der Waals surface area contributed by atoms with Crippen LogP contribution in [0.25, 0.3) is 0 Å². The van der Waals surface area contributed by atoms with Crippen LogP contribution in [0.3, 0.4) is 0 Å². The summed E-state index contributed by atoms with van der Waals surface area (Å²) in [4.78, 5) is 0. The first-order chi connectivity index (χ1) is 6.67. The summed E-state index contributed by atoms with van der Waals surface area (Å²) < 4.78 is 2.04. The lowest BCUT2D eigenvalue weighted by atomic mass is 10.0. The molecule has 1 atom stereocenters. The van der Waals surface area contributed by atoms with Crippen molar-refractivity contribution in [2.24, 2.45) is 5.92 Å². The molecule has 0 aliphatic rings. The van der Waals surface area contributed by atoms with Gasteiger partial charge in [0.05, 0.1) is 5.69 Å². The van der Waals surface area contributed by atoms with Crippen molar-refractivity contribution in [3.63, 3.8) is 0 Å². The van der Waals surface area contributed by atoms with Crippen LogP contribution in [-0.4, -0.2) is 21.5 Å². The van der Waals surface area contributed by atoms with Gasteiger partial charge in [0.1, 0.15) is 0 Å². The molecule has 3 heteroatoms. The fourth-order valence-corrected chi connectivity index (χ4v) is 1.71. The maximum atomic E-state index is 8.89. The van der Waals surface area contributed by atoms with Gasteiger partial charge in [0.15, 0.2) is 0 Å². The SMILES string of the molecule is CCC(CCO)Cn1nc(C)cc1C. The molecular formula is C11H20N2O. The molecule has 0 bridgehead atoms. The van der Waals surface area contributed by atoms with Crippen molar-refractivity contribution in [1.82, 2.24) is 9.78 Å². The van der Waals surface area contributed by atoms with E-state index in [4.69, 9.17) is 5.11 Å². The van der Waals surface area contributed by atoms with E-state index >= 15 is 0 Å². The number of nitrogens with zero attached hydrogens (tertiary/aromatic N) is 2. The van der Waals surface area contributed by atoms with Crippen molar-refractivity contribution in [2.75, 3.05) is 6.61 Å². The summed E-state index contributed by atoms with van der Waals surface area (Å²) in [6.07, 6.45) is 1.97. The second-order valence-electron chi connectivity index (χ2n) is 3.90. The molecular weight excluding hydrogens is 176 g/mol. The summed E-state index contributed by atoms with van der Waals surface area (Å²) >= 11 is 0. The van der Waals surface area contributed by atoms with Gasteiger partial charge in [-0.05, 0) is 32.3 Å². The molecule has 0 saturated carbocycles. The van der Waals surface area contributed by atoms with Gasteiger partial charge in [-0.2, -0.15) is 5.10 Å². The van der Waals surface area contributed by atoms with E-state index in [0.717, 1.165) is 25.1 Å². The lowest BCUT2D eigenvalue weighted by Crippen LogP contribution is -2.13. The fourth-order valence-electron chi connectivity index (χ4n) is 1.71. The molecule has 0 amide bonds. The first-order valence-electron chi connectivity index (χ1n) is 5.29. The molecule has 1 heterocycles. The zero-order chi connectivity index (χ0) is 10.6.